The van der Waals surface area contributed by atoms with Crippen molar-refractivity contribution >= 4 is 11.7 Å². The molecule has 0 amide bonds. The molecule has 16 heavy (non-hydrogen) atoms. The number of hydrogen-bond acceptors (Lipinski definition) is 3. The van der Waals surface area contributed by atoms with E-state index in [0.717, 1.165) is 6.07 Å². The van der Waals surface area contributed by atoms with Crippen LogP contribution in [0.2, 0.25) is 0 Å². The van der Waals surface area contributed by atoms with Crippen LogP contribution in [0.3, 0.4) is 0 Å². The molecule has 5 heteroatoms. The zero-order valence-corrected chi connectivity index (χ0v) is 9.09. The van der Waals surface area contributed by atoms with Gasteiger partial charge in [0.1, 0.15) is 11.6 Å². The summed E-state index contributed by atoms with van der Waals surface area (Å²) in [6, 6.07) is 1.72. The normalized spacial score (nSPS) is 12.2. The molecule has 2 N–H and O–H groups in total. The van der Waals surface area contributed by atoms with E-state index in [1.165, 1.54) is 6.92 Å². The molecule has 88 valence electrons. The molecular weight excluding hydrogens is 216 g/mol. The number of ether oxygens (including phenoxy) is 1. The van der Waals surface area contributed by atoms with Crippen LogP contribution in [0, 0.1) is 11.6 Å². The monoisotopic (exact) mass is 229 g/mol. The molecular formula is C11H13F2NO2. The topological polar surface area (TPSA) is 52.3 Å². The Morgan fingerprint density at radius 2 is 2.12 bits per heavy atom. The first-order valence-corrected chi connectivity index (χ1v) is 4.88. The highest BCUT2D eigenvalue weighted by molar-refractivity contribution is 5.80. The number of hydrogen-bond donors (Lipinski definition) is 1. The molecule has 3 nitrogen and oxygen atoms in total. The average Bonchev–Trinajstić information content (AvgIpc) is 2.22. The lowest BCUT2D eigenvalue weighted by Crippen LogP contribution is -2.15. The fourth-order valence-electron chi connectivity index (χ4n) is 1.36. The summed E-state index contributed by atoms with van der Waals surface area (Å²) in [7, 11) is 0. The van der Waals surface area contributed by atoms with Crippen LogP contribution in [0.1, 0.15) is 25.3 Å². The van der Waals surface area contributed by atoms with Gasteiger partial charge in [0.05, 0.1) is 18.2 Å². The average molecular weight is 229 g/mol. The summed E-state index contributed by atoms with van der Waals surface area (Å²) in [4.78, 5) is 11.4. The van der Waals surface area contributed by atoms with E-state index in [1.54, 1.807) is 6.92 Å². The van der Waals surface area contributed by atoms with Crippen molar-refractivity contribution in [2.24, 2.45) is 0 Å². The van der Waals surface area contributed by atoms with Gasteiger partial charge in [-0.25, -0.2) is 8.78 Å². The molecule has 0 heterocycles. The Morgan fingerprint density at radius 3 is 2.69 bits per heavy atom. The summed E-state index contributed by atoms with van der Waals surface area (Å²) in [5, 5.41) is 0. The number of nitrogens with two attached hydrogens (primary N) is 1. The molecule has 1 unspecified atom stereocenters. The maximum Gasteiger partial charge on any atom is 0.313 e. The van der Waals surface area contributed by atoms with Crippen molar-refractivity contribution in [3.63, 3.8) is 0 Å². The Hall–Kier alpha value is -1.65. The van der Waals surface area contributed by atoms with Crippen molar-refractivity contribution < 1.29 is 18.3 Å². The Labute approximate surface area is 92.2 Å². The third-order valence-electron chi connectivity index (χ3n) is 2.23. The van der Waals surface area contributed by atoms with Crippen molar-refractivity contribution in [2.75, 3.05) is 12.3 Å². The Bertz CT molecular complexity index is 407. The quantitative estimate of drug-likeness (QED) is 0.638. The highest BCUT2D eigenvalue weighted by Crippen LogP contribution is 2.26. The predicted molar refractivity (Wildman–Crippen MR) is 55.8 cm³/mol. The number of rotatable bonds is 3. The first-order chi connectivity index (χ1) is 7.47. The van der Waals surface area contributed by atoms with Crippen molar-refractivity contribution in [2.45, 2.75) is 19.8 Å². The SMILES string of the molecule is CCOC(=O)C(C)c1cc(F)cc(F)c1N. The molecule has 0 aliphatic carbocycles. The van der Waals surface area contributed by atoms with Crippen LogP contribution < -0.4 is 5.73 Å². The summed E-state index contributed by atoms with van der Waals surface area (Å²) in [5.74, 6) is -2.98. The van der Waals surface area contributed by atoms with Gasteiger partial charge in [0, 0.05) is 6.07 Å². The van der Waals surface area contributed by atoms with Gasteiger partial charge in [-0.2, -0.15) is 0 Å². The largest absolute Gasteiger partial charge is 0.466 e. The lowest BCUT2D eigenvalue weighted by Gasteiger charge is -2.13. The van der Waals surface area contributed by atoms with Gasteiger partial charge in [-0.15, -0.1) is 0 Å². The molecule has 0 bridgehead atoms. The number of carbonyl (C=O) groups is 1. The molecule has 0 fully saturated rings. The van der Waals surface area contributed by atoms with Crippen LogP contribution in [-0.4, -0.2) is 12.6 Å². The molecule has 1 aromatic carbocycles. The standard InChI is InChI=1S/C11H13F2NO2/c1-3-16-11(15)6(2)8-4-7(12)5-9(13)10(8)14/h4-6H,3,14H2,1-2H3. The maximum absolute atomic E-state index is 13.1. The highest BCUT2D eigenvalue weighted by Gasteiger charge is 2.21. The van der Waals surface area contributed by atoms with E-state index in [0.29, 0.717) is 6.07 Å². The molecule has 1 rings (SSSR count). The van der Waals surface area contributed by atoms with Gasteiger partial charge < -0.3 is 10.5 Å². The number of benzene rings is 1. The lowest BCUT2D eigenvalue weighted by atomic mass is 9.99. The van der Waals surface area contributed by atoms with Crippen LogP contribution in [0.5, 0.6) is 0 Å². The number of carbonyl (C=O) groups excluding carboxylic acids is 1. The number of esters is 1. The third kappa shape index (κ3) is 2.48. The summed E-state index contributed by atoms with van der Waals surface area (Å²) < 4.78 is 30.9. The molecule has 0 saturated carbocycles. The molecule has 1 atom stereocenters. The van der Waals surface area contributed by atoms with Crippen LogP contribution in [0.15, 0.2) is 12.1 Å². The molecule has 0 spiro atoms. The van der Waals surface area contributed by atoms with Crippen LogP contribution >= 0.6 is 0 Å². The second-order valence-corrected chi connectivity index (χ2v) is 3.36. The molecule has 0 aliphatic heterocycles. The summed E-state index contributed by atoms with van der Waals surface area (Å²) in [6.07, 6.45) is 0. The van der Waals surface area contributed by atoms with Crippen LogP contribution in [0.25, 0.3) is 0 Å². The Balaban J connectivity index is 3.08. The molecule has 1 aromatic rings. The second kappa shape index (κ2) is 4.92. The summed E-state index contributed by atoms with van der Waals surface area (Å²) >= 11 is 0. The molecule has 0 aliphatic rings. The minimum atomic E-state index is -0.869. The third-order valence-corrected chi connectivity index (χ3v) is 2.23. The first-order valence-electron chi connectivity index (χ1n) is 4.88. The van der Waals surface area contributed by atoms with Crippen molar-refractivity contribution in [3.8, 4) is 0 Å². The van der Waals surface area contributed by atoms with E-state index in [9.17, 15) is 13.6 Å². The molecule has 0 saturated heterocycles. The minimum Gasteiger partial charge on any atom is -0.466 e. The maximum atomic E-state index is 13.1. The zero-order valence-electron chi connectivity index (χ0n) is 9.09. The van der Waals surface area contributed by atoms with Gasteiger partial charge in [-0.05, 0) is 25.5 Å². The van der Waals surface area contributed by atoms with E-state index in [1.807, 2.05) is 0 Å². The van der Waals surface area contributed by atoms with E-state index < -0.39 is 23.5 Å². The smallest absolute Gasteiger partial charge is 0.313 e. The van der Waals surface area contributed by atoms with E-state index >= 15 is 0 Å². The molecule has 0 aromatic heterocycles. The Kier molecular flexibility index (Phi) is 3.82. The number of halogens is 2. The van der Waals surface area contributed by atoms with Crippen LogP contribution in [0.4, 0.5) is 14.5 Å². The van der Waals surface area contributed by atoms with Gasteiger partial charge in [0.15, 0.2) is 0 Å². The van der Waals surface area contributed by atoms with Crippen molar-refractivity contribution in [1.82, 2.24) is 0 Å². The fourth-order valence-corrected chi connectivity index (χ4v) is 1.36. The summed E-state index contributed by atoms with van der Waals surface area (Å²) in [5.41, 5.74) is 5.32. The predicted octanol–water partition coefficient (Wildman–Crippen LogP) is 2.21. The van der Waals surface area contributed by atoms with Crippen molar-refractivity contribution in [3.05, 3.63) is 29.3 Å². The Morgan fingerprint density at radius 1 is 1.50 bits per heavy atom. The van der Waals surface area contributed by atoms with Gasteiger partial charge in [0.2, 0.25) is 0 Å². The second-order valence-electron chi connectivity index (χ2n) is 3.36. The van der Waals surface area contributed by atoms with Gasteiger partial charge in [-0.1, -0.05) is 0 Å². The first kappa shape index (κ1) is 12.4. The fraction of sp³-hybridized carbons (Fsp3) is 0.364. The lowest BCUT2D eigenvalue weighted by molar-refractivity contribution is -0.144. The van der Waals surface area contributed by atoms with Crippen LogP contribution in [-0.2, 0) is 9.53 Å². The molecule has 0 radical (unpaired) electrons. The highest BCUT2D eigenvalue weighted by atomic mass is 19.1. The van der Waals surface area contributed by atoms with Gasteiger partial charge in [-0.3, -0.25) is 4.79 Å². The van der Waals surface area contributed by atoms with E-state index in [2.05, 4.69) is 0 Å². The van der Waals surface area contributed by atoms with E-state index in [4.69, 9.17) is 10.5 Å². The summed E-state index contributed by atoms with van der Waals surface area (Å²) in [6.45, 7) is 3.35. The number of anilines is 1. The minimum absolute atomic E-state index is 0.107. The van der Waals surface area contributed by atoms with Crippen molar-refractivity contribution in [1.29, 1.82) is 0 Å². The van der Waals surface area contributed by atoms with E-state index in [-0.39, 0.29) is 17.9 Å². The van der Waals surface area contributed by atoms with Gasteiger partial charge in [0.25, 0.3) is 0 Å². The van der Waals surface area contributed by atoms with Gasteiger partial charge >= 0.3 is 5.97 Å². The zero-order chi connectivity index (χ0) is 12.3. The number of nitrogen functional groups attached to an aromatic ring is 1.